The van der Waals surface area contributed by atoms with Gasteiger partial charge in [-0.25, -0.2) is 0 Å². The number of likely N-dealkylation sites (tertiary alicyclic amines) is 1. The Kier molecular flexibility index (Phi) is 6.91. The predicted molar refractivity (Wildman–Crippen MR) is 104 cm³/mol. The van der Waals surface area contributed by atoms with E-state index in [-0.39, 0.29) is 11.8 Å². The second-order valence-electron chi connectivity index (χ2n) is 7.34. The molecule has 1 aromatic rings. The van der Waals surface area contributed by atoms with Gasteiger partial charge in [0.2, 0.25) is 11.8 Å². The largest absolute Gasteiger partial charge is 0.497 e. The second-order valence-corrected chi connectivity index (χ2v) is 7.34. The van der Waals surface area contributed by atoms with Crippen molar-refractivity contribution in [1.29, 1.82) is 0 Å². The van der Waals surface area contributed by atoms with E-state index in [1.807, 2.05) is 29.2 Å². The summed E-state index contributed by atoms with van der Waals surface area (Å²) in [5.74, 6) is 0.422. The van der Waals surface area contributed by atoms with Gasteiger partial charge < -0.3 is 24.0 Å². The minimum atomic E-state index is -0.472. The van der Waals surface area contributed by atoms with Crippen LogP contribution in [0.3, 0.4) is 0 Å². The molecule has 2 heterocycles. The molecule has 1 aromatic carbocycles. The summed E-state index contributed by atoms with van der Waals surface area (Å²) in [6, 6.07) is 7.83. The first kappa shape index (κ1) is 20.6. The van der Waals surface area contributed by atoms with Crippen LogP contribution in [0.5, 0.6) is 5.75 Å². The van der Waals surface area contributed by atoms with Crippen LogP contribution >= 0.6 is 0 Å². The van der Waals surface area contributed by atoms with E-state index in [1.54, 1.807) is 18.9 Å². The van der Waals surface area contributed by atoms with Crippen LogP contribution in [0.1, 0.15) is 31.7 Å². The Balaban J connectivity index is 1.43. The molecule has 2 saturated heterocycles. The molecule has 28 heavy (non-hydrogen) atoms. The zero-order valence-corrected chi connectivity index (χ0v) is 16.8. The Morgan fingerprint density at radius 3 is 2.32 bits per heavy atom. The summed E-state index contributed by atoms with van der Waals surface area (Å²) in [4.78, 5) is 28.1. The van der Waals surface area contributed by atoms with Gasteiger partial charge in [0.1, 0.15) is 5.75 Å². The quantitative estimate of drug-likeness (QED) is 0.711. The van der Waals surface area contributed by atoms with Crippen LogP contribution in [0.15, 0.2) is 24.3 Å². The van der Waals surface area contributed by atoms with Crippen LogP contribution in [-0.4, -0.2) is 73.9 Å². The Bertz CT molecular complexity index is 660. The van der Waals surface area contributed by atoms with Gasteiger partial charge in [0.15, 0.2) is 5.79 Å². The summed E-state index contributed by atoms with van der Waals surface area (Å²) in [5.41, 5.74) is 1.14. The maximum absolute atomic E-state index is 12.6. The third-order valence-electron chi connectivity index (χ3n) is 5.56. The number of ether oxygens (including phenoxy) is 3. The maximum atomic E-state index is 12.6. The highest BCUT2D eigenvalue weighted by Crippen LogP contribution is 2.31. The fraction of sp³-hybridized carbons (Fsp3) is 0.619. The van der Waals surface area contributed by atoms with E-state index in [2.05, 4.69) is 0 Å². The van der Waals surface area contributed by atoms with Gasteiger partial charge in [-0.15, -0.1) is 0 Å². The van der Waals surface area contributed by atoms with E-state index in [4.69, 9.17) is 14.2 Å². The van der Waals surface area contributed by atoms with E-state index in [1.165, 1.54) is 0 Å². The Morgan fingerprint density at radius 2 is 1.75 bits per heavy atom. The third kappa shape index (κ3) is 5.23. The van der Waals surface area contributed by atoms with E-state index in [9.17, 15) is 9.59 Å². The molecule has 0 saturated carbocycles. The van der Waals surface area contributed by atoms with Crippen molar-refractivity contribution in [2.75, 3.05) is 46.5 Å². The number of methoxy groups -OCH3 is 1. The van der Waals surface area contributed by atoms with Crippen LogP contribution in [-0.2, 0) is 25.5 Å². The average molecular weight is 390 g/mol. The molecule has 7 nitrogen and oxygen atoms in total. The number of carbonyl (C=O) groups is 2. The lowest BCUT2D eigenvalue weighted by Gasteiger charge is -2.37. The molecule has 7 heteroatoms. The number of hydrogen-bond donors (Lipinski definition) is 0. The van der Waals surface area contributed by atoms with Crippen LogP contribution in [0, 0.1) is 0 Å². The first-order chi connectivity index (χ1) is 13.5. The van der Waals surface area contributed by atoms with Gasteiger partial charge >= 0.3 is 0 Å². The minimum Gasteiger partial charge on any atom is -0.497 e. The van der Waals surface area contributed by atoms with Crippen molar-refractivity contribution in [3.63, 3.8) is 0 Å². The Morgan fingerprint density at radius 1 is 1.11 bits per heavy atom. The third-order valence-corrected chi connectivity index (χ3v) is 5.56. The molecule has 2 amide bonds. The average Bonchev–Trinajstić information content (AvgIpc) is 3.16. The number of amides is 2. The van der Waals surface area contributed by atoms with E-state index in [0.29, 0.717) is 58.7 Å². The molecule has 0 unspecified atom stereocenters. The number of rotatable bonds is 7. The lowest BCUT2D eigenvalue weighted by molar-refractivity contribution is -0.187. The number of carbonyl (C=O) groups excluding carboxylic acids is 2. The number of benzene rings is 1. The molecule has 3 rings (SSSR count). The summed E-state index contributed by atoms with van der Waals surface area (Å²) in [7, 11) is 1.64. The summed E-state index contributed by atoms with van der Waals surface area (Å²) in [6.45, 7) is 5.15. The Labute approximate surface area is 166 Å². The van der Waals surface area contributed by atoms with Gasteiger partial charge in [-0.3, -0.25) is 9.59 Å². The summed E-state index contributed by atoms with van der Waals surface area (Å²) >= 11 is 0. The van der Waals surface area contributed by atoms with Crippen molar-refractivity contribution in [2.24, 2.45) is 0 Å². The predicted octanol–water partition coefficient (Wildman–Crippen LogP) is 1.84. The highest BCUT2D eigenvalue weighted by molar-refractivity contribution is 5.78. The highest BCUT2D eigenvalue weighted by atomic mass is 16.7. The molecule has 0 aromatic heterocycles. The minimum absolute atomic E-state index is 0.00772. The first-order valence-electron chi connectivity index (χ1n) is 9.95. The fourth-order valence-electron chi connectivity index (χ4n) is 3.75. The summed E-state index contributed by atoms with van der Waals surface area (Å²) < 4.78 is 16.6. The van der Waals surface area contributed by atoms with E-state index >= 15 is 0 Å². The first-order valence-corrected chi connectivity index (χ1v) is 9.95. The Hall–Kier alpha value is -2.12. The highest BCUT2D eigenvalue weighted by Gasteiger charge is 2.40. The van der Waals surface area contributed by atoms with Crippen molar-refractivity contribution in [2.45, 2.75) is 38.4 Å². The lowest BCUT2D eigenvalue weighted by atomic mass is 10.0. The molecular formula is C21H30N2O5. The van der Waals surface area contributed by atoms with Gasteiger partial charge in [-0.1, -0.05) is 12.1 Å². The molecule has 0 aliphatic carbocycles. The second kappa shape index (κ2) is 9.39. The van der Waals surface area contributed by atoms with Gasteiger partial charge in [0, 0.05) is 52.4 Å². The van der Waals surface area contributed by atoms with Crippen molar-refractivity contribution in [3.05, 3.63) is 29.8 Å². The molecular weight excluding hydrogens is 360 g/mol. The van der Waals surface area contributed by atoms with Crippen LogP contribution in [0.25, 0.3) is 0 Å². The van der Waals surface area contributed by atoms with Gasteiger partial charge in [-0.2, -0.15) is 0 Å². The van der Waals surface area contributed by atoms with Gasteiger partial charge in [0.25, 0.3) is 0 Å². The molecule has 0 radical (unpaired) electrons. The normalized spacial score (nSPS) is 18.3. The molecule has 2 aliphatic rings. The smallest absolute Gasteiger partial charge is 0.224 e. The van der Waals surface area contributed by atoms with Crippen LogP contribution < -0.4 is 4.74 Å². The number of hydrogen-bond acceptors (Lipinski definition) is 5. The van der Waals surface area contributed by atoms with Crippen molar-refractivity contribution >= 4 is 11.8 Å². The molecule has 2 aliphatic heterocycles. The summed E-state index contributed by atoms with van der Waals surface area (Å²) in [5, 5.41) is 0. The van der Waals surface area contributed by atoms with E-state index < -0.39 is 5.79 Å². The fourth-order valence-corrected chi connectivity index (χ4v) is 3.75. The van der Waals surface area contributed by atoms with Crippen molar-refractivity contribution < 1.29 is 23.8 Å². The number of piperidine rings is 1. The SMILES string of the molecule is COc1ccc(CCN(CCC(=O)N2CCC3(CC2)OCCO3)C(C)=O)cc1. The van der Waals surface area contributed by atoms with Crippen LogP contribution in [0.2, 0.25) is 0 Å². The number of nitrogens with zero attached hydrogens (tertiary/aromatic N) is 2. The summed E-state index contributed by atoms with van der Waals surface area (Å²) in [6.07, 6.45) is 2.52. The standard InChI is InChI=1S/C21H30N2O5/c1-17(24)22(11-7-18-3-5-19(26-2)6-4-18)12-8-20(25)23-13-9-21(10-14-23)27-15-16-28-21/h3-6H,7-16H2,1-2H3. The molecule has 0 N–H and O–H groups in total. The zero-order valence-electron chi connectivity index (χ0n) is 16.8. The zero-order chi connectivity index (χ0) is 20.0. The molecule has 1 spiro atoms. The lowest BCUT2D eigenvalue weighted by Crippen LogP contribution is -2.48. The monoisotopic (exact) mass is 390 g/mol. The van der Waals surface area contributed by atoms with Crippen molar-refractivity contribution in [3.8, 4) is 5.75 Å². The van der Waals surface area contributed by atoms with Gasteiger partial charge in [-0.05, 0) is 24.1 Å². The van der Waals surface area contributed by atoms with E-state index in [0.717, 1.165) is 17.7 Å². The topological polar surface area (TPSA) is 68.3 Å². The van der Waals surface area contributed by atoms with Crippen molar-refractivity contribution in [1.82, 2.24) is 9.80 Å². The molecule has 0 atom stereocenters. The maximum Gasteiger partial charge on any atom is 0.224 e. The van der Waals surface area contributed by atoms with Crippen LogP contribution in [0.4, 0.5) is 0 Å². The molecule has 154 valence electrons. The molecule has 0 bridgehead atoms. The molecule has 2 fully saturated rings. The van der Waals surface area contributed by atoms with Gasteiger partial charge in [0.05, 0.1) is 20.3 Å².